The highest BCUT2D eigenvalue weighted by molar-refractivity contribution is 5.21. The zero-order chi connectivity index (χ0) is 14.1. The van der Waals surface area contributed by atoms with E-state index in [0.717, 1.165) is 38.3 Å². The van der Waals surface area contributed by atoms with Crippen LogP contribution in [0.2, 0.25) is 0 Å². The molecule has 0 amide bonds. The van der Waals surface area contributed by atoms with Gasteiger partial charge in [-0.2, -0.15) is 0 Å². The van der Waals surface area contributed by atoms with Crippen molar-refractivity contribution < 1.29 is 4.74 Å². The highest BCUT2D eigenvalue weighted by Crippen LogP contribution is 2.22. The summed E-state index contributed by atoms with van der Waals surface area (Å²) in [6.07, 6.45) is 4.39. The molecule has 0 aromatic carbocycles. The number of ether oxygens (including phenoxy) is 1. The highest BCUT2D eigenvalue weighted by atomic mass is 16.5. The van der Waals surface area contributed by atoms with Gasteiger partial charge in [-0.3, -0.25) is 4.98 Å². The Morgan fingerprint density at radius 3 is 2.47 bits per heavy atom. The predicted octanol–water partition coefficient (Wildman–Crippen LogP) is 1.87. The second-order valence-corrected chi connectivity index (χ2v) is 4.38. The standard InChI is InChI=1S/C14H26N4O/c1-5-15-12(8-11-18(6-2)7-3)13-14(19-4)17-10-9-16-13/h9-10,12,15H,5-8,11H2,1-4H3. The Balaban J connectivity index is 2.75. The van der Waals surface area contributed by atoms with Gasteiger partial charge in [0.15, 0.2) is 0 Å². The van der Waals surface area contributed by atoms with Gasteiger partial charge < -0.3 is 15.0 Å². The van der Waals surface area contributed by atoms with Gasteiger partial charge in [-0.15, -0.1) is 0 Å². The van der Waals surface area contributed by atoms with Crippen molar-refractivity contribution in [2.75, 3.05) is 33.3 Å². The average Bonchev–Trinajstić information content (AvgIpc) is 2.47. The molecule has 0 bridgehead atoms. The summed E-state index contributed by atoms with van der Waals surface area (Å²) in [5, 5.41) is 3.47. The van der Waals surface area contributed by atoms with E-state index in [1.165, 1.54) is 0 Å². The summed E-state index contributed by atoms with van der Waals surface area (Å²) in [6.45, 7) is 10.6. The minimum absolute atomic E-state index is 0.189. The number of rotatable bonds is 9. The van der Waals surface area contributed by atoms with E-state index in [1.54, 1.807) is 19.5 Å². The third kappa shape index (κ3) is 4.76. The van der Waals surface area contributed by atoms with Gasteiger partial charge in [-0.05, 0) is 32.6 Å². The van der Waals surface area contributed by atoms with E-state index < -0.39 is 0 Å². The monoisotopic (exact) mass is 266 g/mol. The van der Waals surface area contributed by atoms with E-state index in [9.17, 15) is 0 Å². The van der Waals surface area contributed by atoms with E-state index in [-0.39, 0.29) is 6.04 Å². The lowest BCUT2D eigenvalue weighted by atomic mass is 10.1. The van der Waals surface area contributed by atoms with E-state index in [1.807, 2.05) is 0 Å². The molecule has 1 unspecified atom stereocenters. The molecule has 0 saturated heterocycles. The van der Waals surface area contributed by atoms with E-state index in [4.69, 9.17) is 4.74 Å². The fourth-order valence-corrected chi connectivity index (χ4v) is 2.17. The van der Waals surface area contributed by atoms with Crippen molar-refractivity contribution in [3.8, 4) is 5.88 Å². The van der Waals surface area contributed by atoms with Gasteiger partial charge in [-0.25, -0.2) is 4.98 Å². The third-order valence-electron chi connectivity index (χ3n) is 3.29. The van der Waals surface area contributed by atoms with Gasteiger partial charge in [0, 0.05) is 12.4 Å². The Morgan fingerprint density at radius 2 is 1.89 bits per heavy atom. The zero-order valence-electron chi connectivity index (χ0n) is 12.5. The summed E-state index contributed by atoms with van der Waals surface area (Å²) in [5.74, 6) is 0.619. The van der Waals surface area contributed by atoms with Crippen LogP contribution >= 0.6 is 0 Å². The Labute approximate surface area is 116 Å². The SMILES string of the molecule is CCNC(CCN(CC)CC)c1nccnc1OC. The summed E-state index contributed by atoms with van der Waals surface area (Å²) in [5.41, 5.74) is 0.902. The molecule has 0 spiro atoms. The van der Waals surface area contributed by atoms with Crippen LogP contribution in [-0.4, -0.2) is 48.2 Å². The molecule has 0 aliphatic heterocycles. The van der Waals surface area contributed by atoms with Crippen LogP contribution in [0.15, 0.2) is 12.4 Å². The highest BCUT2D eigenvalue weighted by Gasteiger charge is 2.18. The molecular formula is C14H26N4O. The summed E-state index contributed by atoms with van der Waals surface area (Å²) in [4.78, 5) is 11.1. The second kappa shape index (κ2) is 8.82. The molecule has 1 N–H and O–H groups in total. The Kier molecular flexibility index (Phi) is 7.36. The minimum atomic E-state index is 0.189. The number of hydrogen-bond donors (Lipinski definition) is 1. The maximum atomic E-state index is 5.30. The number of nitrogens with one attached hydrogen (secondary N) is 1. The number of aromatic nitrogens is 2. The van der Waals surface area contributed by atoms with Gasteiger partial charge in [0.25, 0.3) is 0 Å². The van der Waals surface area contributed by atoms with E-state index >= 15 is 0 Å². The maximum absolute atomic E-state index is 5.30. The molecule has 0 fully saturated rings. The molecule has 0 saturated carbocycles. The lowest BCUT2D eigenvalue weighted by molar-refractivity contribution is 0.278. The van der Waals surface area contributed by atoms with Crippen LogP contribution < -0.4 is 10.1 Å². The lowest BCUT2D eigenvalue weighted by Gasteiger charge is -2.23. The summed E-state index contributed by atoms with van der Waals surface area (Å²) < 4.78 is 5.30. The predicted molar refractivity (Wildman–Crippen MR) is 77.4 cm³/mol. The van der Waals surface area contributed by atoms with Crippen LogP contribution in [0.5, 0.6) is 5.88 Å². The maximum Gasteiger partial charge on any atom is 0.236 e. The molecule has 108 valence electrons. The Morgan fingerprint density at radius 1 is 1.21 bits per heavy atom. The van der Waals surface area contributed by atoms with Crippen LogP contribution in [0.4, 0.5) is 0 Å². The van der Waals surface area contributed by atoms with Crippen LogP contribution in [0.3, 0.4) is 0 Å². The fourth-order valence-electron chi connectivity index (χ4n) is 2.17. The van der Waals surface area contributed by atoms with Crippen molar-refractivity contribution in [3.63, 3.8) is 0 Å². The first-order valence-corrected chi connectivity index (χ1v) is 7.07. The quantitative estimate of drug-likeness (QED) is 0.739. The number of nitrogens with zero attached hydrogens (tertiary/aromatic N) is 3. The van der Waals surface area contributed by atoms with E-state index in [2.05, 4.69) is 41.0 Å². The first-order valence-electron chi connectivity index (χ1n) is 7.07. The minimum Gasteiger partial charge on any atom is -0.480 e. The van der Waals surface area contributed by atoms with Crippen molar-refractivity contribution >= 4 is 0 Å². The van der Waals surface area contributed by atoms with Gasteiger partial charge in [0.2, 0.25) is 5.88 Å². The largest absolute Gasteiger partial charge is 0.480 e. The molecule has 5 heteroatoms. The van der Waals surface area contributed by atoms with Crippen LogP contribution in [-0.2, 0) is 0 Å². The average molecular weight is 266 g/mol. The molecular weight excluding hydrogens is 240 g/mol. The Hall–Kier alpha value is -1.20. The molecule has 1 heterocycles. The van der Waals surface area contributed by atoms with Gasteiger partial charge >= 0.3 is 0 Å². The smallest absolute Gasteiger partial charge is 0.236 e. The van der Waals surface area contributed by atoms with Gasteiger partial charge in [0.05, 0.1) is 13.2 Å². The lowest BCUT2D eigenvalue weighted by Crippen LogP contribution is -2.30. The summed E-state index contributed by atoms with van der Waals surface area (Å²) in [6, 6.07) is 0.189. The third-order valence-corrected chi connectivity index (χ3v) is 3.29. The first-order chi connectivity index (χ1) is 9.26. The normalized spacial score (nSPS) is 12.7. The summed E-state index contributed by atoms with van der Waals surface area (Å²) >= 11 is 0. The zero-order valence-corrected chi connectivity index (χ0v) is 12.5. The molecule has 1 aromatic rings. The van der Waals surface area contributed by atoms with Crippen LogP contribution in [0, 0.1) is 0 Å². The molecule has 5 nitrogen and oxygen atoms in total. The molecule has 0 aliphatic carbocycles. The molecule has 1 rings (SSSR count). The first kappa shape index (κ1) is 15.9. The summed E-state index contributed by atoms with van der Waals surface area (Å²) in [7, 11) is 1.64. The second-order valence-electron chi connectivity index (χ2n) is 4.38. The van der Waals surface area contributed by atoms with Crippen molar-refractivity contribution in [1.82, 2.24) is 20.2 Å². The fraction of sp³-hybridized carbons (Fsp3) is 0.714. The number of hydrogen-bond acceptors (Lipinski definition) is 5. The van der Waals surface area contributed by atoms with E-state index in [0.29, 0.717) is 5.88 Å². The van der Waals surface area contributed by atoms with Crippen molar-refractivity contribution in [2.24, 2.45) is 0 Å². The van der Waals surface area contributed by atoms with Crippen LogP contribution in [0.25, 0.3) is 0 Å². The van der Waals surface area contributed by atoms with Gasteiger partial charge in [-0.1, -0.05) is 20.8 Å². The van der Waals surface area contributed by atoms with Gasteiger partial charge in [0.1, 0.15) is 5.69 Å². The van der Waals surface area contributed by atoms with Crippen molar-refractivity contribution in [1.29, 1.82) is 0 Å². The van der Waals surface area contributed by atoms with Crippen molar-refractivity contribution in [2.45, 2.75) is 33.2 Å². The Bertz CT molecular complexity index is 355. The molecule has 1 aromatic heterocycles. The van der Waals surface area contributed by atoms with Crippen LogP contribution in [0.1, 0.15) is 38.9 Å². The molecule has 0 radical (unpaired) electrons. The van der Waals surface area contributed by atoms with Crippen molar-refractivity contribution in [3.05, 3.63) is 18.1 Å². The molecule has 19 heavy (non-hydrogen) atoms. The molecule has 1 atom stereocenters. The topological polar surface area (TPSA) is 50.3 Å². The number of methoxy groups -OCH3 is 1. The molecule has 0 aliphatic rings.